The van der Waals surface area contributed by atoms with Gasteiger partial charge in [0.1, 0.15) is 12.5 Å². The highest BCUT2D eigenvalue weighted by atomic mass is 19.1. The highest BCUT2D eigenvalue weighted by molar-refractivity contribution is 5.55. The molecule has 0 aliphatic carbocycles. The number of aryl methyl sites for hydroxylation is 1. The van der Waals surface area contributed by atoms with E-state index in [-0.39, 0.29) is 5.56 Å². The summed E-state index contributed by atoms with van der Waals surface area (Å²) in [4.78, 5) is 8.39. The van der Waals surface area contributed by atoms with E-state index in [9.17, 15) is 8.78 Å². The molecule has 0 unspecified atom stereocenters. The molecule has 18 heavy (non-hydrogen) atoms. The molecule has 0 aliphatic heterocycles. The minimum Gasteiger partial charge on any atom is -0.246 e. The van der Waals surface area contributed by atoms with Gasteiger partial charge in [-0.1, -0.05) is 25.5 Å². The molecule has 0 atom stereocenters. The third-order valence-electron chi connectivity index (χ3n) is 2.70. The number of benzene rings is 1. The Morgan fingerprint density at radius 3 is 2.44 bits per heavy atom. The Labute approximate surface area is 105 Å². The van der Waals surface area contributed by atoms with Crippen molar-refractivity contribution in [2.45, 2.75) is 26.4 Å². The van der Waals surface area contributed by atoms with E-state index in [0.29, 0.717) is 11.4 Å². The van der Waals surface area contributed by atoms with E-state index >= 15 is 0 Å². The second-order valence-electron chi connectivity index (χ2n) is 4.10. The van der Waals surface area contributed by atoms with Gasteiger partial charge in [0, 0.05) is 23.5 Å². The van der Waals surface area contributed by atoms with Crippen LogP contribution >= 0.6 is 0 Å². The molecule has 1 heterocycles. The molecule has 0 radical (unpaired) electrons. The molecular formula is C14H14F2N2. The molecule has 94 valence electrons. The molecule has 0 fully saturated rings. The maximum Gasteiger partial charge on any atom is 0.159 e. The van der Waals surface area contributed by atoms with Crippen molar-refractivity contribution in [1.29, 1.82) is 0 Å². The van der Waals surface area contributed by atoms with Crippen molar-refractivity contribution >= 4 is 0 Å². The zero-order valence-corrected chi connectivity index (χ0v) is 10.2. The summed E-state index contributed by atoms with van der Waals surface area (Å²) >= 11 is 0. The number of alkyl halides is 1. The molecule has 2 rings (SSSR count). The number of nitrogens with zero attached hydrogens (tertiary/aromatic N) is 2. The molecule has 0 aliphatic rings. The van der Waals surface area contributed by atoms with Crippen molar-refractivity contribution in [3.63, 3.8) is 0 Å². The van der Waals surface area contributed by atoms with Gasteiger partial charge in [0.25, 0.3) is 0 Å². The molecule has 0 bridgehead atoms. The summed E-state index contributed by atoms with van der Waals surface area (Å²) in [6, 6.07) is 4.32. The Morgan fingerprint density at radius 1 is 1.17 bits per heavy atom. The maximum atomic E-state index is 13.4. The summed E-state index contributed by atoms with van der Waals surface area (Å²) in [6.07, 6.45) is 5.44. The standard InChI is InChI=1S/C14H14F2N2/c1-2-3-10-8-17-14(18-9-10)11-4-5-12(7-15)13(16)6-11/h4-6,8-9H,2-3,7H2,1H3. The first kappa shape index (κ1) is 12.6. The van der Waals surface area contributed by atoms with Gasteiger partial charge >= 0.3 is 0 Å². The molecule has 2 aromatic rings. The molecule has 0 amide bonds. The first-order valence-electron chi connectivity index (χ1n) is 5.90. The van der Waals surface area contributed by atoms with Gasteiger partial charge in [-0.25, -0.2) is 18.7 Å². The highest BCUT2D eigenvalue weighted by Gasteiger charge is 2.06. The van der Waals surface area contributed by atoms with Crippen molar-refractivity contribution in [1.82, 2.24) is 9.97 Å². The zero-order chi connectivity index (χ0) is 13.0. The minimum atomic E-state index is -0.803. The molecular weight excluding hydrogens is 234 g/mol. The fourth-order valence-electron chi connectivity index (χ4n) is 1.72. The first-order chi connectivity index (χ1) is 8.74. The van der Waals surface area contributed by atoms with Crippen LogP contribution in [0.4, 0.5) is 8.78 Å². The fraction of sp³-hybridized carbons (Fsp3) is 0.286. The van der Waals surface area contributed by atoms with Crippen LogP contribution in [0.1, 0.15) is 24.5 Å². The summed E-state index contributed by atoms with van der Waals surface area (Å²) in [7, 11) is 0. The predicted molar refractivity (Wildman–Crippen MR) is 66.2 cm³/mol. The molecule has 0 spiro atoms. The van der Waals surface area contributed by atoms with Crippen molar-refractivity contribution in [3.05, 3.63) is 47.5 Å². The van der Waals surface area contributed by atoms with E-state index in [1.54, 1.807) is 18.5 Å². The van der Waals surface area contributed by atoms with Gasteiger partial charge in [-0.3, -0.25) is 0 Å². The van der Waals surface area contributed by atoms with Crippen molar-refractivity contribution < 1.29 is 8.78 Å². The molecule has 1 aromatic heterocycles. The van der Waals surface area contributed by atoms with Gasteiger partial charge in [-0.2, -0.15) is 0 Å². The lowest BCUT2D eigenvalue weighted by Crippen LogP contribution is -1.94. The molecule has 2 nitrogen and oxygen atoms in total. The molecule has 0 saturated carbocycles. The van der Waals surface area contributed by atoms with Crippen LogP contribution in [0.3, 0.4) is 0 Å². The second kappa shape index (κ2) is 5.67. The normalized spacial score (nSPS) is 10.6. The molecule has 1 aromatic carbocycles. The first-order valence-corrected chi connectivity index (χ1v) is 5.90. The van der Waals surface area contributed by atoms with E-state index in [2.05, 4.69) is 16.9 Å². The Bertz CT molecular complexity index is 524. The van der Waals surface area contributed by atoms with E-state index in [0.717, 1.165) is 18.4 Å². The minimum absolute atomic E-state index is 0.0568. The van der Waals surface area contributed by atoms with Crippen molar-refractivity contribution in [2.24, 2.45) is 0 Å². The smallest absolute Gasteiger partial charge is 0.159 e. The molecule has 0 saturated heterocycles. The number of rotatable bonds is 4. The van der Waals surface area contributed by atoms with Crippen LogP contribution in [0, 0.1) is 5.82 Å². The summed E-state index contributed by atoms with van der Waals surface area (Å²) < 4.78 is 25.8. The number of halogens is 2. The average Bonchev–Trinajstić information content (AvgIpc) is 2.40. The van der Waals surface area contributed by atoms with Crippen LogP contribution in [0.2, 0.25) is 0 Å². The topological polar surface area (TPSA) is 25.8 Å². The van der Waals surface area contributed by atoms with Gasteiger partial charge in [0.15, 0.2) is 5.82 Å². The second-order valence-corrected chi connectivity index (χ2v) is 4.10. The average molecular weight is 248 g/mol. The van der Waals surface area contributed by atoms with Gasteiger partial charge in [0.2, 0.25) is 0 Å². The third-order valence-corrected chi connectivity index (χ3v) is 2.70. The largest absolute Gasteiger partial charge is 0.246 e. The van der Waals surface area contributed by atoms with Gasteiger partial charge < -0.3 is 0 Å². The van der Waals surface area contributed by atoms with Crippen LogP contribution in [-0.4, -0.2) is 9.97 Å². The van der Waals surface area contributed by atoms with E-state index < -0.39 is 12.5 Å². The Morgan fingerprint density at radius 2 is 1.89 bits per heavy atom. The number of aromatic nitrogens is 2. The quantitative estimate of drug-likeness (QED) is 0.824. The van der Waals surface area contributed by atoms with E-state index in [4.69, 9.17) is 0 Å². The maximum absolute atomic E-state index is 13.4. The SMILES string of the molecule is CCCc1cnc(-c2ccc(CF)c(F)c2)nc1. The highest BCUT2D eigenvalue weighted by Crippen LogP contribution is 2.19. The Balaban J connectivity index is 2.28. The van der Waals surface area contributed by atoms with Gasteiger partial charge in [0.05, 0.1) is 0 Å². The lowest BCUT2D eigenvalue weighted by atomic mass is 10.1. The number of hydrogen-bond donors (Lipinski definition) is 0. The fourth-order valence-corrected chi connectivity index (χ4v) is 1.72. The monoisotopic (exact) mass is 248 g/mol. The summed E-state index contributed by atoms with van der Waals surface area (Å²) in [5.74, 6) is -0.101. The van der Waals surface area contributed by atoms with Gasteiger partial charge in [-0.05, 0) is 18.1 Å². The summed E-state index contributed by atoms with van der Waals surface area (Å²) in [5, 5.41) is 0. The van der Waals surface area contributed by atoms with Crippen LogP contribution in [0.25, 0.3) is 11.4 Å². The number of hydrogen-bond acceptors (Lipinski definition) is 2. The van der Waals surface area contributed by atoms with E-state index in [1.165, 1.54) is 12.1 Å². The van der Waals surface area contributed by atoms with E-state index in [1.807, 2.05) is 0 Å². The lowest BCUT2D eigenvalue weighted by Gasteiger charge is -2.04. The predicted octanol–water partition coefficient (Wildman–Crippen LogP) is 3.70. The Kier molecular flexibility index (Phi) is 3.97. The van der Waals surface area contributed by atoms with Crippen molar-refractivity contribution in [3.8, 4) is 11.4 Å². The van der Waals surface area contributed by atoms with Crippen LogP contribution in [-0.2, 0) is 13.1 Å². The van der Waals surface area contributed by atoms with Crippen LogP contribution < -0.4 is 0 Å². The van der Waals surface area contributed by atoms with Crippen molar-refractivity contribution in [2.75, 3.05) is 0 Å². The van der Waals surface area contributed by atoms with Crippen LogP contribution in [0.15, 0.2) is 30.6 Å². The zero-order valence-electron chi connectivity index (χ0n) is 10.2. The molecule has 0 N–H and O–H groups in total. The summed E-state index contributed by atoms with van der Waals surface area (Å²) in [5.41, 5.74) is 1.68. The summed E-state index contributed by atoms with van der Waals surface area (Å²) in [6.45, 7) is 1.28. The lowest BCUT2D eigenvalue weighted by molar-refractivity contribution is 0.464. The van der Waals surface area contributed by atoms with Crippen LogP contribution in [0.5, 0.6) is 0 Å². The Hall–Kier alpha value is -1.84. The molecule has 4 heteroatoms. The third kappa shape index (κ3) is 2.70. The van der Waals surface area contributed by atoms with Gasteiger partial charge in [-0.15, -0.1) is 0 Å².